The third kappa shape index (κ3) is 16.9. The molecule has 0 aromatic rings. The predicted molar refractivity (Wildman–Crippen MR) is 128 cm³/mol. The number of rotatable bonds is 8. The Morgan fingerprint density at radius 2 is 1.70 bits per heavy atom. The average Bonchev–Trinajstić information content (AvgIpc) is 2.73. The van der Waals surface area contributed by atoms with E-state index in [9.17, 15) is 43.5 Å². The summed E-state index contributed by atoms with van der Waals surface area (Å²) in [6.07, 6.45) is 5.10. The minimum Gasteiger partial charge on any atom is -0.481 e. The van der Waals surface area contributed by atoms with E-state index in [1.165, 1.54) is 70.5 Å². The zero-order valence-corrected chi connectivity index (χ0v) is 22.0. The van der Waals surface area contributed by atoms with Crippen molar-refractivity contribution in [2.75, 3.05) is 25.4 Å². The summed E-state index contributed by atoms with van der Waals surface area (Å²) in [6, 6.07) is 0. The Kier molecular flexibility index (Phi) is 14.2. The van der Waals surface area contributed by atoms with Crippen LogP contribution in [-0.2, 0) is 30.0 Å². The molecule has 0 aromatic heterocycles. The summed E-state index contributed by atoms with van der Waals surface area (Å²) < 4.78 is 87.5. The minimum atomic E-state index is -5.50. The van der Waals surface area contributed by atoms with Crippen LogP contribution in [0.15, 0.2) is 36.0 Å². The van der Waals surface area contributed by atoms with Gasteiger partial charge in [-0.15, -0.1) is 0 Å². The van der Waals surface area contributed by atoms with Crippen molar-refractivity contribution in [1.82, 2.24) is 9.03 Å². The third-order valence-electron chi connectivity index (χ3n) is 4.92. The van der Waals surface area contributed by atoms with Gasteiger partial charge in [-0.3, -0.25) is 4.79 Å². The summed E-state index contributed by atoms with van der Waals surface area (Å²) >= 11 is 0. The second-order valence-electron chi connectivity index (χ2n) is 8.40. The smallest absolute Gasteiger partial charge is 0.409 e. The van der Waals surface area contributed by atoms with Crippen molar-refractivity contribution in [1.29, 1.82) is 0 Å². The fourth-order valence-corrected chi connectivity index (χ4v) is 5.01. The van der Waals surface area contributed by atoms with Gasteiger partial charge in [0.15, 0.2) is 0 Å². The van der Waals surface area contributed by atoms with Crippen LogP contribution in [0, 0.1) is 5.41 Å². The van der Waals surface area contributed by atoms with Crippen molar-refractivity contribution < 1.29 is 53.7 Å². The van der Waals surface area contributed by atoms with Gasteiger partial charge in [0.25, 0.3) is 0 Å². The molecule has 1 aliphatic heterocycles. The van der Waals surface area contributed by atoms with Crippen LogP contribution in [0.25, 0.3) is 0 Å². The van der Waals surface area contributed by atoms with Crippen LogP contribution in [-0.4, -0.2) is 75.5 Å². The molecule has 0 saturated carbocycles. The average molecular weight is 581 g/mol. The van der Waals surface area contributed by atoms with E-state index in [1.54, 1.807) is 0 Å². The van der Waals surface area contributed by atoms with E-state index in [-0.39, 0.29) is 18.1 Å². The topological polar surface area (TPSA) is 158 Å². The largest absolute Gasteiger partial charge is 0.481 e. The van der Waals surface area contributed by atoms with Crippen LogP contribution < -0.4 is 4.13 Å². The summed E-state index contributed by atoms with van der Waals surface area (Å²) in [6.45, 7) is 7.79. The molecule has 1 fully saturated rings. The maximum Gasteiger partial charge on any atom is 0.409 e. The molecule has 0 aromatic carbocycles. The lowest BCUT2D eigenvalue weighted by Gasteiger charge is -2.25. The number of alkyl halides is 3. The first-order valence-electron chi connectivity index (χ1n) is 11.1. The molecule has 1 saturated heterocycles. The molecule has 1 heterocycles. The lowest BCUT2D eigenvalue weighted by Crippen LogP contribution is -2.30. The summed E-state index contributed by atoms with van der Waals surface area (Å²) in [5.74, 6) is -3.36. The van der Waals surface area contributed by atoms with Crippen LogP contribution in [0.3, 0.4) is 0 Å². The number of nitrogens with one attached hydrogen (secondary N) is 1. The van der Waals surface area contributed by atoms with Crippen molar-refractivity contribution in [2.24, 2.45) is 5.41 Å². The number of carboxylic acids is 2. The third-order valence-corrected chi connectivity index (χ3v) is 7.36. The Morgan fingerprint density at radius 3 is 2.14 bits per heavy atom. The zero-order valence-electron chi connectivity index (χ0n) is 20.4. The number of hydrogen-bond acceptors (Lipinski definition) is 7. The van der Waals surface area contributed by atoms with Crippen LogP contribution >= 0.6 is 0 Å². The first-order valence-corrected chi connectivity index (χ1v) is 14.1. The van der Waals surface area contributed by atoms with Crippen LogP contribution in [0.5, 0.6) is 0 Å². The molecule has 1 unspecified atom stereocenters. The molecule has 1 aliphatic carbocycles. The fraction of sp³-hybridized carbons (Fsp3) is 0.619. The highest BCUT2D eigenvalue weighted by Crippen LogP contribution is 2.31. The Bertz CT molecular complexity index is 1060. The fourth-order valence-electron chi connectivity index (χ4n) is 3.18. The number of halogens is 4. The molecule has 2 aliphatic rings. The van der Waals surface area contributed by atoms with Crippen molar-refractivity contribution >= 4 is 32.4 Å². The minimum absolute atomic E-state index is 0.0359. The van der Waals surface area contributed by atoms with Crippen LogP contribution in [0.4, 0.5) is 17.1 Å². The van der Waals surface area contributed by atoms with Gasteiger partial charge in [0, 0.05) is 11.6 Å². The second-order valence-corrected chi connectivity index (χ2v) is 11.5. The van der Waals surface area contributed by atoms with E-state index < -0.39 is 55.8 Å². The number of carbonyl (C=O) groups is 2. The molecule has 37 heavy (non-hydrogen) atoms. The van der Waals surface area contributed by atoms with Gasteiger partial charge in [-0.05, 0) is 52.2 Å². The number of likely N-dealkylation sites (tertiary alicyclic amines) is 1. The molecule has 0 spiro atoms. The first-order chi connectivity index (χ1) is 16.8. The zero-order chi connectivity index (χ0) is 28.9. The number of hydrogen-bond donors (Lipinski definition) is 3. The molecule has 16 heteroatoms. The van der Waals surface area contributed by atoms with Crippen LogP contribution in [0.2, 0.25) is 0 Å². The summed E-state index contributed by atoms with van der Waals surface area (Å²) in [5, 5.41) is 17.5. The molecule has 214 valence electrons. The molecule has 0 amide bonds. The molecular formula is C21H32F4N2O8S2. The normalized spacial score (nSPS) is 20.8. The Morgan fingerprint density at radius 1 is 1.14 bits per heavy atom. The van der Waals surface area contributed by atoms with E-state index in [0.717, 1.165) is 0 Å². The van der Waals surface area contributed by atoms with Gasteiger partial charge in [0.2, 0.25) is 10.0 Å². The number of sulfonamides is 1. The maximum absolute atomic E-state index is 11.8. The molecule has 0 bridgehead atoms. The highest BCUT2D eigenvalue weighted by Gasteiger charge is 2.34. The summed E-state index contributed by atoms with van der Waals surface area (Å²) in [4.78, 5) is 23.9. The maximum atomic E-state index is 11.8. The standard InChI is InChI=1S/C9H10O4.C8H17N.C4H5F4NO4S2/c1-9(8(12)13)4-2-3-6(5-9)7(10)11;1-2-6-9-7-4-3-5-8-9;5-4(6,7)2-1-3-14(10,11)9-15(8,12)13/h2-4H,5H2,1H3,(H,10,11)(H,12,13);2-8H2,1H3;1-2,9H,3H2. The highest BCUT2D eigenvalue weighted by atomic mass is 32.3. The number of piperidine rings is 1. The quantitative estimate of drug-likeness (QED) is 0.223. The first kappa shape index (κ1) is 34.7. The molecule has 1 atom stereocenters. The van der Waals surface area contributed by atoms with Gasteiger partial charge < -0.3 is 15.1 Å². The predicted octanol–water partition coefficient (Wildman–Crippen LogP) is 3.17. The molecule has 3 N–H and O–H groups in total. The molecule has 2 rings (SSSR count). The van der Waals surface area contributed by atoms with Gasteiger partial charge in [-0.25, -0.2) is 13.2 Å². The summed E-state index contributed by atoms with van der Waals surface area (Å²) in [5.41, 5.74) is -0.949. The van der Waals surface area contributed by atoms with Gasteiger partial charge >= 0.3 is 28.5 Å². The molecular weight excluding hydrogens is 548 g/mol. The monoisotopic (exact) mass is 580 g/mol. The van der Waals surface area contributed by atoms with Gasteiger partial charge in [-0.1, -0.05) is 45.7 Å². The van der Waals surface area contributed by atoms with Crippen LogP contribution in [0.1, 0.15) is 46.0 Å². The van der Waals surface area contributed by atoms with E-state index in [0.29, 0.717) is 4.13 Å². The van der Waals surface area contributed by atoms with Gasteiger partial charge in [0.1, 0.15) is 0 Å². The lowest BCUT2D eigenvalue weighted by atomic mass is 9.80. The van der Waals surface area contributed by atoms with Crippen molar-refractivity contribution in [3.8, 4) is 0 Å². The van der Waals surface area contributed by atoms with E-state index >= 15 is 0 Å². The van der Waals surface area contributed by atoms with Gasteiger partial charge in [0.05, 0.1) is 11.2 Å². The van der Waals surface area contributed by atoms with Crippen molar-refractivity contribution in [3.05, 3.63) is 36.0 Å². The van der Waals surface area contributed by atoms with Crippen molar-refractivity contribution in [3.63, 3.8) is 0 Å². The van der Waals surface area contributed by atoms with E-state index in [2.05, 4.69) is 11.8 Å². The Labute approximate surface area is 214 Å². The van der Waals surface area contributed by atoms with E-state index in [1.807, 2.05) is 0 Å². The van der Waals surface area contributed by atoms with Crippen molar-refractivity contribution in [2.45, 2.75) is 52.1 Å². The number of aliphatic carboxylic acids is 2. The lowest BCUT2D eigenvalue weighted by molar-refractivity contribution is -0.145. The number of nitrogens with zero attached hydrogens (tertiary/aromatic N) is 1. The Hall–Kier alpha value is -2.30. The molecule has 10 nitrogen and oxygen atoms in total. The van der Waals surface area contributed by atoms with E-state index in [4.69, 9.17) is 10.2 Å². The SMILES string of the molecule is CC1(C(=O)O)C=CC=C(C(=O)O)C1.CCCN1CCCCC1.O=S(=O)(F)NS(=O)(=O)CC=CC(F)(F)F. The molecule has 0 radical (unpaired) electrons. The van der Waals surface area contributed by atoms with Gasteiger partial charge in [-0.2, -0.15) is 21.6 Å². The number of allylic oxidation sites excluding steroid dienone is 3. The summed E-state index contributed by atoms with van der Waals surface area (Å²) in [7, 11) is -10.2. The second kappa shape index (κ2) is 15.2. The highest BCUT2D eigenvalue weighted by molar-refractivity contribution is 8.02. The number of carboxylic acid groups (broad SMARTS) is 2. The Balaban J connectivity index is 0.000000540.